The van der Waals surface area contributed by atoms with Crippen molar-refractivity contribution in [3.8, 4) is 11.4 Å². The average molecular weight is 752 g/mol. The van der Waals surface area contributed by atoms with Crippen molar-refractivity contribution in [1.29, 1.82) is 0 Å². The lowest BCUT2D eigenvalue weighted by atomic mass is 9.82. The summed E-state index contributed by atoms with van der Waals surface area (Å²) in [5, 5.41) is 33.3. The van der Waals surface area contributed by atoms with Gasteiger partial charge in [0, 0.05) is 60.9 Å². The minimum absolute atomic E-state index is 0.198. The Morgan fingerprint density at radius 3 is 1.88 bits per heavy atom. The van der Waals surface area contributed by atoms with Crippen molar-refractivity contribution in [1.82, 2.24) is 45.5 Å². The second-order valence-corrected chi connectivity index (χ2v) is 13.8. The third-order valence-electron chi connectivity index (χ3n) is 10.3. The van der Waals surface area contributed by atoms with Crippen LogP contribution in [0.4, 0.5) is 0 Å². The van der Waals surface area contributed by atoms with Crippen LogP contribution < -0.4 is 0 Å². The van der Waals surface area contributed by atoms with Crippen LogP contribution in [-0.4, -0.2) is 45.5 Å². The molecule has 278 valence electrons. The Hall–Kier alpha value is -7.65. The molecule has 8 aromatic rings. The van der Waals surface area contributed by atoms with Gasteiger partial charge in [-0.3, -0.25) is 0 Å². The van der Waals surface area contributed by atoms with Gasteiger partial charge in [-0.25, -0.2) is 15.0 Å². The first-order valence-electron chi connectivity index (χ1n) is 19.2. The fourth-order valence-corrected chi connectivity index (χ4v) is 7.60. The Kier molecular flexibility index (Phi) is 10.1. The number of nitrogens with zero attached hydrogens (tertiary/aromatic N) is 9. The maximum absolute atomic E-state index is 5.21. The first-order chi connectivity index (χ1) is 28.7. The molecule has 1 aliphatic rings. The van der Waals surface area contributed by atoms with Crippen LogP contribution in [0.1, 0.15) is 54.4 Å². The van der Waals surface area contributed by atoms with Crippen molar-refractivity contribution in [3.63, 3.8) is 0 Å². The molecule has 0 amide bonds. The van der Waals surface area contributed by atoms with E-state index >= 15 is 0 Å². The molecule has 0 saturated heterocycles. The third kappa shape index (κ3) is 7.01. The lowest BCUT2D eigenvalue weighted by Gasteiger charge is -2.23. The Morgan fingerprint density at radius 1 is 0.569 bits per heavy atom. The molecule has 0 N–H and O–H groups in total. The molecular formula is C49H37N9. The van der Waals surface area contributed by atoms with Crippen LogP contribution in [0.25, 0.3) is 60.9 Å². The highest BCUT2D eigenvalue weighted by Gasteiger charge is 2.37. The van der Waals surface area contributed by atoms with Crippen molar-refractivity contribution in [2.45, 2.75) is 25.7 Å². The van der Waals surface area contributed by atoms with Gasteiger partial charge >= 0.3 is 0 Å². The zero-order chi connectivity index (χ0) is 39.3. The molecule has 0 saturated carbocycles. The number of allylic oxidation sites excluding steroid dienone is 11. The highest BCUT2D eigenvalue weighted by Crippen LogP contribution is 2.49. The topological polar surface area (TPSA) is 116 Å². The Bertz CT molecular complexity index is 2980. The molecule has 2 unspecified atom stereocenters. The van der Waals surface area contributed by atoms with Gasteiger partial charge in [0.15, 0.2) is 17.5 Å². The van der Waals surface area contributed by atoms with Gasteiger partial charge in [0.25, 0.3) is 0 Å². The molecule has 1 aliphatic carbocycles. The van der Waals surface area contributed by atoms with E-state index in [2.05, 4.69) is 62.9 Å². The Labute approximate surface area is 335 Å². The second kappa shape index (κ2) is 16.2. The van der Waals surface area contributed by atoms with Crippen molar-refractivity contribution >= 4 is 49.5 Å². The van der Waals surface area contributed by atoms with Crippen LogP contribution >= 0.6 is 0 Å². The summed E-state index contributed by atoms with van der Waals surface area (Å²) < 4.78 is 0. The van der Waals surface area contributed by atoms with E-state index in [-0.39, 0.29) is 11.8 Å². The van der Waals surface area contributed by atoms with E-state index in [1.54, 1.807) is 6.20 Å². The van der Waals surface area contributed by atoms with E-state index < -0.39 is 0 Å². The zero-order valence-electron chi connectivity index (χ0n) is 31.9. The molecule has 0 fully saturated rings. The van der Waals surface area contributed by atoms with Gasteiger partial charge < -0.3 is 0 Å². The summed E-state index contributed by atoms with van der Waals surface area (Å²) in [6.07, 6.45) is 23.8. The third-order valence-corrected chi connectivity index (χ3v) is 10.3. The van der Waals surface area contributed by atoms with Gasteiger partial charge in [-0.2, -0.15) is 30.6 Å². The van der Waals surface area contributed by atoms with Gasteiger partial charge in [-0.05, 0) is 25.5 Å². The number of rotatable bonds is 9. The first kappa shape index (κ1) is 36.0. The highest BCUT2D eigenvalue weighted by molar-refractivity contribution is 5.90. The molecule has 0 spiro atoms. The van der Waals surface area contributed by atoms with Gasteiger partial charge in [0.05, 0.1) is 35.7 Å². The van der Waals surface area contributed by atoms with Gasteiger partial charge in [0.2, 0.25) is 0 Å². The maximum atomic E-state index is 5.21. The van der Waals surface area contributed by atoms with Crippen LogP contribution in [-0.2, 0) is 0 Å². The predicted octanol–water partition coefficient (Wildman–Crippen LogP) is 10.5. The fraction of sp³-hybridized carbons (Fsp3) is 0.0816. The molecule has 2 atom stereocenters. The molecule has 9 nitrogen and oxygen atoms in total. The SMILES string of the molecule is C/C=C\C(=C1\C=CC(c2nncc3ccccc23)C1c1nncc2ccccc12)c1nc(C(/C=C\C=C\c2nncc3ccccc23)=C/C)nc(-c2ccccc2)n1. The predicted molar refractivity (Wildman–Crippen MR) is 232 cm³/mol. The standard InChI is InChI=1S/C49H37N9/c1-3-16-41(40-27-28-42(45-38-24-13-9-21-35(38)30-51-57-45)44(40)46-39-25-14-10-22-36(39)31-52-58-46)49-54-47(53-48(55-49)33-18-6-5-7-19-33)32(4-2)17-11-15-26-43-37-23-12-8-20-34(37)29-50-56-43/h3-31,42,44H,1-2H3/b16-3-,17-11-,26-15+,32-4+,41-40+. The van der Waals surface area contributed by atoms with E-state index in [9.17, 15) is 0 Å². The summed E-state index contributed by atoms with van der Waals surface area (Å²) in [5.74, 6) is 1.17. The molecule has 0 bridgehead atoms. The van der Waals surface area contributed by atoms with E-state index in [1.165, 1.54) is 0 Å². The van der Waals surface area contributed by atoms with E-state index in [0.717, 1.165) is 71.7 Å². The Balaban J connectivity index is 1.20. The monoisotopic (exact) mass is 751 g/mol. The molecular weight excluding hydrogens is 715 g/mol. The second-order valence-electron chi connectivity index (χ2n) is 13.8. The zero-order valence-corrected chi connectivity index (χ0v) is 31.9. The summed E-state index contributed by atoms with van der Waals surface area (Å²) in [7, 11) is 0. The maximum Gasteiger partial charge on any atom is 0.164 e. The molecule has 4 aromatic carbocycles. The van der Waals surface area contributed by atoms with Gasteiger partial charge in [-0.15, -0.1) is 0 Å². The number of fused-ring (bicyclic) bond motifs is 3. The van der Waals surface area contributed by atoms with Gasteiger partial charge in [-0.1, -0.05) is 152 Å². The van der Waals surface area contributed by atoms with E-state index in [1.807, 2.05) is 142 Å². The molecule has 9 rings (SSSR count). The highest BCUT2D eigenvalue weighted by atomic mass is 15.1. The van der Waals surface area contributed by atoms with E-state index in [0.29, 0.717) is 17.5 Å². The smallest absolute Gasteiger partial charge is 0.164 e. The minimum Gasteiger partial charge on any atom is -0.208 e. The average Bonchev–Trinajstić information content (AvgIpc) is 3.72. The molecule has 0 aliphatic heterocycles. The van der Waals surface area contributed by atoms with Crippen molar-refractivity contribution in [2.75, 3.05) is 0 Å². The van der Waals surface area contributed by atoms with Crippen LogP contribution in [0.15, 0.2) is 176 Å². The van der Waals surface area contributed by atoms with Crippen LogP contribution in [0, 0.1) is 0 Å². The molecule has 4 aromatic heterocycles. The minimum atomic E-state index is -0.284. The molecule has 4 heterocycles. The molecule has 9 heteroatoms. The van der Waals surface area contributed by atoms with E-state index in [4.69, 9.17) is 25.1 Å². The largest absolute Gasteiger partial charge is 0.208 e. The molecule has 58 heavy (non-hydrogen) atoms. The fourth-order valence-electron chi connectivity index (χ4n) is 7.60. The van der Waals surface area contributed by atoms with Crippen LogP contribution in [0.5, 0.6) is 0 Å². The lowest BCUT2D eigenvalue weighted by Crippen LogP contribution is -2.14. The summed E-state index contributed by atoms with van der Waals surface area (Å²) in [4.78, 5) is 15.4. The lowest BCUT2D eigenvalue weighted by molar-refractivity contribution is 0.689. The van der Waals surface area contributed by atoms with Crippen molar-refractivity contribution < 1.29 is 0 Å². The summed E-state index contributed by atoms with van der Waals surface area (Å²) in [5.41, 5.74) is 6.07. The first-order valence-corrected chi connectivity index (χ1v) is 19.2. The van der Waals surface area contributed by atoms with Crippen LogP contribution in [0.2, 0.25) is 0 Å². The molecule has 0 radical (unpaired) electrons. The quantitative estimate of drug-likeness (QED) is 0.133. The Morgan fingerprint density at radius 2 is 1.17 bits per heavy atom. The van der Waals surface area contributed by atoms with Gasteiger partial charge in [0.1, 0.15) is 0 Å². The summed E-state index contributed by atoms with van der Waals surface area (Å²) in [6.45, 7) is 3.99. The number of benzene rings is 4. The number of aromatic nitrogens is 9. The van der Waals surface area contributed by atoms with Crippen molar-refractivity contribution in [3.05, 3.63) is 205 Å². The normalized spacial score (nSPS) is 16.8. The number of hydrogen-bond acceptors (Lipinski definition) is 9. The number of hydrogen-bond donors (Lipinski definition) is 0. The van der Waals surface area contributed by atoms with Crippen LogP contribution in [0.3, 0.4) is 0 Å². The van der Waals surface area contributed by atoms with Crippen molar-refractivity contribution in [2.24, 2.45) is 0 Å². The summed E-state index contributed by atoms with van der Waals surface area (Å²) >= 11 is 0. The summed E-state index contributed by atoms with van der Waals surface area (Å²) in [6, 6.07) is 34.6.